The van der Waals surface area contributed by atoms with Gasteiger partial charge in [-0.2, -0.15) is 0 Å². The first-order chi connectivity index (χ1) is 9.45. The summed E-state index contributed by atoms with van der Waals surface area (Å²) in [5.41, 5.74) is 1.63. The van der Waals surface area contributed by atoms with E-state index >= 15 is 0 Å². The molecule has 0 aliphatic carbocycles. The predicted molar refractivity (Wildman–Crippen MR) is 76.6 cm³/mol. The summed E-state index contributed by atoms with van der Waals surface area (Å²) in [6, 6.07) is 9.89. The number of benzene rings is 2. The smallest absolute Gasteiger partial charge is 0.330 e. The van der Waals surface area contributed by atoms with Gasteiger partial charge in [-0.1, -0.05) is 23.7 Å². The van der Waals surface area contributed by atoms with Crippen molar-refractivity contribution in [2.24, 2.45) is 0 Å². The first kappa shape index (κ1) is 14.3. The number of halogens is 2. The van der Waals surface area contributed by atoms with Crippen molar-refractivity contribution in [2.75, 3.05) is 5.32 Å². The van der Waals surface area contributed by atoms with Crippen LogP contribution in [-0.4, -0.2) is 11.1 Å². The van der Waals surface area contributed by atoms with E-state index in [-0.39, 0.29) is 0 Å². The van der Waals surface area contributed by atoms with E-state index in [9.17, 15) is 14.3 Å². The minimum Gasteiger partial charge on any atom is -0.479 e. The Bertz CT molecular complexity index is 625. The fourth-order valence-corrected chi connectivity index (χ4v) is 2.16. The molecule has 2 aromatic rings. The third-order valence-corrected chi connectivity index (χ3v) is 3.02. The fourth-order valence-electron chi connectivity index (χ4n) is 1.96. The quantitative estimate of drug-likeness (QED) is 0.895. The number of hydrogen-bond acceptors (Lipinski definition) is 2. The molecule has 1 atom stereocenters. The van der Waals surface area contributed by atoms with E-state index in [1.807, 2.05) is 0 Å². The zero-order valence-corrected chi connectivity index (χ0v) is 11.5. The van der Waals surface area contributed by atoms with Crippen LogP contribution in [0.5, 0.6) is 0 Å². The van der Waals surface area contributed by atoms with E-state index in [2.05, 4.69) is 5.32 Å². The Morgan fingerprint density at radius 2 is 2.05 bits per heavy atom. The highest BCUT2D eigenvalue weighted by Crippen LogP contribution is 2.23. The third-order valence-electron chi connectivity index (χ3n) is 2.78. The fraction of sp³-hybridized carbons (Fsp3) is 0.133. The third kappa shape index (κ3) is 3.48. The molecule has 20 heavy (non-hydrogen) atoms. The Morgan fingerprint density at radius 1 is 1.30 bits per heavy atom. The highest BCUT2D eigenvalue weighted by atomic mass is 35.5. The number of hydrogen-bond donors (Lipinski definition) is 2. The molecule has 0 aliphatic heterocycles. The molecule has 104 valence electrons. The molecule has 1 unspecified atom stereocenters. The summed E-state index contributed by atoms with van der Waals surface area (Å²) in [6.45, 7) is 1.74. The van der Waals surface area contributed by atoms with Gasteiger partial charge in [0.15, 0.2) is 6.04 Å². The second-order valence-electron chi connectivity index (χ2n) is 4.49. The van der Waals surface area contributed by atoms with Gasteiger partial charge in [0, 0.05) is 10.7 Å². The molecule has 0 heterocycles. The maximum absolute atomic E-state index is 13.3. The number of rotatable bonds is 4. The van der Waals surface area contributed by atoms with Crippen LogP contribution >= 0.6 is 11.6 Å². The van der Waals surface area contributed by atoms with Crippen molar-refractivity contribution >= 4 is 23.3 Å². The molecule has 0 aromatic heterocycles. The topological polar surface area (TPSA) is 49.3 Å². The van der Waals surface area contributed by atoms with Gasteiger partial charge in [-0.3, -0.25) is 0 Å². The Hall–Kier alpha value is -2.07. The van der Waals surface area contributed by atoms with Crippen LogP contribution in [0.2, 0.25) is 5.02 Å². The standard InChI is InChI=1S/C15H13ClFNO2/c1-9-5-12(17)8-13(6-9)18-14(15(19)20)10-3-2-4-11(16)7-10/h2-8,14,18H,1H3,(H,19,20). The lowest BCUT2D eigenvalue weighted by Gasteiger charge is -2.17. The SMILES string of the molecule is Cc1cc(F)cc(NC(C(=O)O)c2cccc(Cl)c2)c1. The Labute approximate surface area is 121 Å². The molecule has 0 spiro atoms. The first-order valence-corrected chi connectivity index (χ1v) is 6.35. The van der Waals surface area contributed by atoms with E-state index in [4.69, 9.17) is 11.6 Å². The summed E-state index contributed by atoms with van der Waals surface area (Å²) in [4.78, 5) is 11.4. The number of aliphatic carboxylic acids is 1. The van der Waals surface area contributed by atoms with Crippen LogP contribution < -0.4 is 5.32 Å². The monoisotopic (exact) mass is 293 g/mol. The number of carboxylic acid groups (broad SMARTS) is 1. The lowest BCUT2D eigenvalue weighted by molar-refractivity contribution is -0.138. The maximum Gasteiger partial charge on any atom is 0.330 e. The van der Waals surface area contributed by atoms with Crippen LogP contribution in [0.3, 0.4) is 0 Å². The van der Waals surface area contributed by atoms with Crippen molar-refractivity contribution in [3.05, 3.63) is 64.4 Å². The van der Waals surface area contributed by atoms with Gasteiger partial charge < -0.3 is 10.4 Å². The van der Waals surface area contributed by atoms with E-state index < -0.39 is 17.8 Å². The second-order valence-corrected chi connectivity index (χ2v) is 4.92. The molecule has 2 N–H and O–H groups in total. The molecule has 0 fully saturated rings. The van der Waals surface area contributed by atoms with Crippen LogP contribution in [-0.2, 0) is 4.79 Å². The van der Waals surface area contributed by atoms with Crippen molar-refractivity contribution in [3.8, 4) is 0 Å². The normalized spacial score (nSPS) is 11.9. The zero-order valence-electron chi connectivity index (χ0n) is 10.7. The number of carboxylic acids is 1. The van der Waals surface area contributed by atoms with Gasteiger partial charge in [0.1, 0.15) is 5.82 Å². The van der Waals surface area contributed by atoms with Crippen molar-refractivity contribution in [1.29, 1.82) is 0 Å². The van der Waals surface area contributed by atoms with E-state index in [1.54, 1.807) is 37.3 Å². The van der Waals surface area contributed by atoms with Gasteiger partial charge in [0.2, 0.25) is 0 Å². The van der Waals surface area contributed by atoms with E-state index in [0.717, 1.165) is 0 Å². The van der Waals surface area contributed by atoms with Crippen LogP contribution in [0.4, 0.5) is 10.1 Å². The number of nitrogens with one attached hydrogen (secondary N) is 1. The highest BCUT2D eigenvalue weighted by Gasteiger charge is 2.20. The maximum atomic E-state index is 13.3. The minimum absolute atomic E-state index is 0.412. The Balaban J connectivity index is 2.33. The number of anilines is 1. The van der Waals surface area contributed by atoms with Gasteiger partial charge in [-0.05, 0) is 48.4 Å². The molecule has 0 amide bonds. The van der Waals surface area contributed by atoms with Crippen molar-refractivity contribution in [3.63, 3.8) is 0 Å². The molecule has 0 saturated carbocycles. The lowest BCUT2D eigenvalue weighted by Crippen LogP contribution is -2.20. The van der Waals surface area contributed by atoms with Gasteiger partial charge in [-0.15, -0.1) is 0 Å². The van der Waals surface area contributed by atoms with Gasteiger partial charge in [0.05, 0.1) is 0 Å². The number of carbonyl (C=O) groups is 1. The van der Waals surface area contributed by atoms with E-state index in [0.29, 0.717) is 21.8 Å². The van der Waals surface area contributed by atoms with E-state index in [1.165, 1.54) is 12.1 Å². The minimum atomic E-state index is -1.06. The molecule has 0 saturated heterocycles. The van der Waals surface area contributed by atoms with Crippen LogP contribution in [0.25, 0.3) is 0 Å². The lowest BCUT2D eigenvalue weighted by atomic mass is 10.1. The molecule has 0 aliphatic rings. The molecular weight excluding hydrogens is 281 g/mol. The summed E-state index contributed by atoms with van der Waals surface area (Å²) < 4.78 is 13.3. The Morgan fingerprint density at radius 3 is 2.65 bits per heavy atom. The highest BCUT2D eigenvalue weighted by molar-refractivity contribution is 6.30. The average Bonchev–Trinajstić information content (AvgIpc) is 2.34. The summed E-state index contributed by atoms with van der Waals surface area (Å²) in [7, 11) is 0. The average molecular weight is 294 g/mol. The van der Waals surface area contributed by atoms with Crippen molar-refractivity contribution in [2.45, 2.75) is 13.0 Å². The number of aryl methyl sites for hydroxylation is 1. The van der Waals surface area contributed by atoms with Crippen LogP contribution in [0, 0.1) is 12.7 Å². The second kappa shape index (κ2) is 5.92. The van der Waals surface area contributed by atoms with Gasteiger partial charge in [0.25, 0.3) is 0 Å². The van der Waals surface area contributed by atoms with Crippen LogP contribution in [0.15, 0.2) is 42.5 Å². The Kier molecular flexibility index (Phi) is 4.25. The molecule has 3 nitrogen and oxygen atoms in total. The van der Waals surface area contributed by atoms with Gasteiger partial charge >= 0.3 is 5.97 Å². The molecule has 5 heteroatoms. The summed E-state index contributed by atoms with van der Waals surface area (Å²) in [5.74, 6) is -1.48. The van der Waals surface area contributed by atoms with Crippen LogP contribution in [0.1, 0.15) is 17.2 Å². The molecule has 0 radical (unpaired) electrons. The summed E-state index contributed by atoms with van der Waals surface area (Å²) in [5, 5.41) is 12.6. The summed E-state index contributed by atoms with van der Waals surface area (Å²) in [6.07, 6.45) is 0. The zero-order chi connectivity index (χ0) is 14.7. The first-order valence-electron chi connectivity index (χ1n) is 5.98. The van der Waals surface area contributed by atoms with Crippen molar-refractivity contribution < 1.29 is 14.3 Å². The van der Waals surface area contributed by atoms with Gasteiger partial charge in [-0.25, -0.2) is 9.18 Å². The molecule has 0 bridgehead atoms. The molecule has 2 aromatic carbocycles. The predicted octanol–water partition coefficient (Wildman–Crippen LogP) is 4.03. The largest absolute Gasteiger partial charge is 0.479 e. The molecular formula is C15H13ClFNO2. The molecule has 2 rings (SSSR count). The summed E-state index contributed by atoms with van der Waals surface area (Å²) >= 11 is 5.87. The van der Waals surface area contributed by atoms with Crippen molar-refractivity contribution in [1.82, 2.24) is 0 Å².